The molecule has 0 aliphatic heterocycles. The van der Waals surface area contributed by atoms with Gasteiger partial charge in [-0.05, 0) is 90.3 Å². The van der Waals surface area contributed by atoms with Crippen LogP contribution < -0.4 is 24.2 Å². The van der Waals surface area contributed by atoms with Gasteiger partial charge in [0.25, 0.3) is 0 Å². The van der Waals surface area contributed by atoms with E-state index in [9.17, 15) is 0 Å². The third kappa shape index (κ3) is 8.47. The van der Waals surface area contributed by atoms with Crippen LogP contribution in [-0.4, -0.2) is 85.2 Å². The van der Waals surface area contributed by atoms with Crippen molar-refractivity contribution in [3.05, 3.63) is 42.5 Å². The number of methoxy groups -OCH3 is 1. The highest BCUT2D eigenvalue weighted by Gasteiger charge is 2.56. The van der Waals surface area contributed by atoms with Crippen LogP contribution in [0.15, 0.2) is 42.5 Å². The van der Waals surface area contributed by atoms with Crippen LogP contribution in [0.3, 0.4) is 0 Å². The van der Waals surface area contributed by atoms with Crippen LogP contribution in [0, 0.1) is 0 Å². The number of rotatable bonds is 21. The van der Waals surface area contributed by atoms with Gasteiger partial charge >= 0.3 is 0 Å². The molecule has 10 heteroatoms. The van der Waals surface area contributed by atoms with Gasteiger partial charge in [0.05, 0.1) is 34.1 Å². The van der Waals surface area contributed by atoms with E-state index in [4.69, 9.17) is 14.2 Å². The molecule has 0 aliphatic rings. The van der Waals surface area contributed by atoms with Crippen LogP contribution >= 0.6 is 31.6 Å². The largest absolute Gasteiger partial charge is 0.493 e. The maximum absolute atomic E-state index is 6.71. The predicted molar refractivity (Wildman–Crippen MR) is 193 cm³/mol. The molecule has 0 radical (unpaired) electrons. The van der Waals surface area contributed by atoms with E-state index in [1.165, 1.54) is 0 Å². The lowest BCUT2D eigenvalue weighted by atomic mass is 10.2. The Bertz CT molecular complexity index is 1080. The Morgan fingerprint density at radius 2 is 1.58 bits per heavy atom. The van der Waals surface area contributed by atoms with Crippen molar-refractivity contribution in [2.45, 2.75) is 70.7 Å². The monoisotopic (exact) mass is 652 g/mol. The number of benzene rings is 2. The average Bonchev–Trinajstić information content (AvgIpc) is 3.00. The fraction of sp³-hybridized carbons (Fsp3) is 0.636. The Kier molecular flexibility index (Phi) is 16.3. The summed E-state index contributed by atoms with van der Waals surface area (Å²) in [6.07, 6.45) is 4.26. The van der Waals surface area contributed by atoms with E-state index in [2.05, 4.69) is 118 Å². The quantitative estimate of drug-likeness (QED) is 0.0811. The summed E-state index contributed by atoms with van der Waals surface area (Å²) >= 11 is 3.94. The van der Waals surface area contributed by atoms with Crippen molar-refractivity contribution in [1.82, 2.24) is 15.1 Å². The third-order valence-electron chi connectivity index (χ3n) is 7.47. The molecule has 0 heterocycles. The first kappa shape index (κ1) is 37.8. The summed E-state index contributed by atoms with van der Waals surface area (Å²) in [6, 6.07) is 15.0. The highest BCUT2D eigenvalue weighted by atomic mass is 32.2. The van der Waals surface area contributed by atoms with Crippen molar-refractivity contribution in [2.24, 2.45) is 0 Å². The van der Waals surface area contributed by atoms with Crippen molar-refractivity contribution in [3.63, 3.8) is 0 Å². The molecule has 0 fully saturated rings. The number of hydrogen-bond donors (Lipinski definition) is 1. The summed E-state index contributed by atoms with van der Waals surface area (Å²) in [7, 11) is 5.03. The Morgan fingerprint density at radius 1 is 0.907 bits per heavy atom. The van der Waals surface area contributed by atoms with Gasteiger partial charge in [-0.15, -0.1) is 23.5 Å². The molecule has 0 bridgehead atoms. The Morgan fingerprint density at radius 3 is 2.07 bits per heavy atom. The van der Waals surface area contributed by atoms with E-state index >= 15 is 0 Å². The standard InChI is InChI=1S/C33H57N4O3PS2/c1-12-18-26-40-30-28(24-25-29(38-10)31(30)39-16-5)37(27-22-20-19-21-23-27)41(33(42-11,35(8)9)43-17-6)32(7,34-13-2)36(14-3)15-4/h19-25,34H,12-18,26H2,1-11H3. The van der Waals surface area contributed by atoms with Gasteiger partial charge in [0.2, 0.25) is 5.75 Å². The highest BCUT2D eigenvalue weighted by Crippen LogP contribution is 2.74. The second-order valence-corrected chi connectivity index (χ2v) is 16.2. The van der Waals surface area contributed by atoms with Crippen molar-refractivity contribution in [3.8, 4) is 17.2 Å². The molecule has 0 aromatic heterocycles. The minimum atomic E-state index is -1.12. The molecule has 0 saturated heterocycles. The van der Waals surface area contributed by atoms with Crippen molar-refractivity contribution < 1.29 is 14.2 Å². The van der Waals surface area contributed by atoms with Gasteiger partial charge in [-0.2, -0.15) is 0 Å². The molecule has 0 spiro atoms. The number of thioether (sulfide) groups is 2. The van der Waals surface area contributed by atoms with Crippen molar-refractivity contribution in [2.75, 3.05) is 70.7 Å². The van der Waals surface area contributed by atoms with Gasteiger partial charge in [-0.1, -0.05) is 59.2 Å². The van der Waals surface area contributed by atoms with E-state index < -0.39 is 8.07 Å². The van der Waals surface area contributed by atoms with Gasteiger partial charge in [0.15, 0.2) is 15.4 Å². The molecule has 2 aromatic rings. The Hall–Kier alpha value is -1.35. The van der Waals surface area contributed by atoms with Gasteiger partial charge in [-0.25, -0.2) is 0 Å². The minimum Gasteiger partial charge on any atom is -0.493 e. The molecule has 244 valence electrons. The summed E-state index contributed by atoms with van der Waals surface area (Å²) in [5.41, 5.74) is 2.11. The van der Waals surface area contributed by atoms with Gasteiger partial charge in [0.1, 0.15) is 5.40 Å². The molecule has 3 unspecified atom stereocenters. The molecule has 43 heavy (non-hydrogen) atoms. The lowest BCUT2D eigenvalue weighted by molar-refractivity contribution is 0.159. The smallest absolute Gasteiger partial charge is 0.205 e. The molecule has 3 atom stereocenters. The van der Waals surface area contributed by atoms with Crippen LogP contribution in [0.5, 0.6) is 17.2 Å². The van der Waals surface area contributed by atoms with E-state index in [0.29, 0.717) is 24.7 Å². The maximum atomic E-state index is 6.71. The summed E-state index contributed by atoms with van der Waals surface area (Å²) in [5.74, 6) is 3.05. The van der Waals surface area contributed by atoms with Crippen LogP contribution in [0.4, 0.5) is 11.4 Å². The SMILES string of the molecule is CCCCOc1c(N(c2ccccc2)P(C(C)(NCC)N(CC)CC)C(SC)(SCC)N(C)C)ccc(OC)c1OCC. The van der Waals surface area contributed by atoms with Crippen molar-refractivity contribution in [1.29, 1.82) is 0 Å². The van der Waals surface area contributed by atoms with Crippen LogP contribution in [0.2, 0.25) is 0 Å². The summed E-state index contributed by atoms with van der Waals surface area (Å²) in [5, 5.41) is 3.65. The molecule has 2 aromatic carbocycles. The normalized spacial score (nSPS) is 15.2. The molecule has 0 amide bonds. The third-order valence-corrected chi connectivity index (χ3v) is 15.3. The molecule has 0 aliphatic carbocycles. The van der Waals surface area contributed by atoms with Crippen LogP contribution in [-0.2, 0) is 0 Å². The molecule has 2 rings (SSSR count). The summed E-state index contributed by atoms with van der Waals surface area (Å²) in [6.45, 7) is 19.4. The number of unbranched alkanes of at least 4 members (excludes halogenated alkanes) is 1. The zero-order valence-corrected chi connectivity index (χ0v) is 31.1. The summed E-state index contributed by atoms with van der Waals surface area (Å²) in [4.78, 5) is 5.02. The minimum absolute atomic E-state index is 0.300. The second kappa shape index (κ2) is 18.6. The van der Waals surface area contributed by atoms with Crippen LogP contribution in [0.1, 0.15) is 61.3 Å². The molecule has 7 nitrogen and oxygen atoms in total. The van der Waals surface area contributed by atoms with Gasteiger partial charge in [-0.3, -0.25) is 15.1 Å². The van der Waals surface area contributed by atoms with Crippen molar-refractivity contribution >= 4 is 43.0 Å². The fourth-order valence-electron chi connectivity index (χ4n) is 5.52. The lowest BCUT2D eigenvalue weighted by Crippen LogP contribution is -2.61. The Labute approximate surface area is 272 Å². The first-order valence-corrected chi connectivity index (χ1v) is 19.2. The number of anilines is 2. The fourth-order valence-corrected chi connectivity index (χ4v) is 13.6. The maximum Gasteiger partial charge on any atom is 0.205 e. The molecule has 0 saturated carbocycles. The van der Waals surface area contributed by atoms with E-state index in [0.717, 1.165) is 55.4 Å². The first-order valence-electron chi connectivity index (χ1n) is 15.7. The Balaban J connectivity index is 3.20. The average molecular weight is 653 g/mol. The number of ether oxygens (including phenoxy) is 3. The topological polar surface area (TPSA) is 49.4 Å². The van der Waals surface area contributed by atoms with E-state index in [-0.39, 0.29) is 9.35 Å². The van der Waals surface area contributed by atoms with Gasteiger partial charge in [0, 0.05) is 5.69 Å². The van der Waals surface area contributed by atoms with E-state index in [1.54, 1.807) is 7.11 Å². The molecule has 1 N–H and O–H groups in total. The zero-order chi connectivity index (χ0) is 32.0. The summed E-state index contributed by atoms with van der Waals surface area (Å²) < 4.78 is 21.1. The number of nitrogens with one attached hydrogen (secondary N) is 1. The predicted octanol–water partition coefficient (Wildman–Crippen LogP) is 8.72. The first-order chi connectivity index (χ1) is 20.7. The lowest BCUT2D eigenvalue weighted by Gasteiger charge is -2.58. The number of nitrogens with zero attached hydrogens (tertiary/aromatic N) is 3. The van der Waals surface area contributed by atoms with Crippen LogP contribution in [0.25, 0.3) is 0 Å². The number of hydrogen-bond acceptors (Lipinski definition) is 9. The molecular formula is C33H57N4O3PS2. The number of para-hydroxylation sites is 1. The van der Waals surface area contributed by atoms with Gasteiger partial charge < -0.3 is 18.9 Å². The second-order valence-electron chi connectivity index (χ2n) is 10.3. The highest BCUT2D eigenvalue weighted by molar-refractivity contribution is 8.25. The molecular weight excluding hydrogens is 595 g/mol. The zero-order valence-electron chi connectivity index (χ0n) is 28.5. The van der Waals surface area contributed by atoms with E-state index in [1.807, 2.05) is 36.5 Å².